The Morgan fingerprint density at radius 2 is 2.04 bits per heavy atom. The Labute approximate surface area is 158 Å². The molecule has 6 rings (SSSR count). The number of halogens is 1. The van der Waals surface area contributed by atoms with Crippen LogP contribution in [0, 0.1) is 24.2 Å². The van der Waals surface area contributed by atoms with Crippen LogP contribution < -0.4 is 5.32 Å². The van der Waals surface area contributed by atoms with Crippen LogP contribution in [-0.4, -0.2) is 20.7 Å². The lowest BCUT2D eigenvalue weighted by Gasteiger charge is -2.60. The van der Waals surface area contributed by atoms with E-state index < -0.39 is 0 Å². The summed E-state index contributed by atoms with van der Waals surface area (Å²) in [4.78, 5) is 17.5. The predicted molar refractivity (Wildman–Crippen MR) is 99.9 cm³/mol. The summed E-state index contributed by atoms with van der Waals surface area (Å²) in [5, 5.41) is 8.31. The minimum Gasteiger partial charge on any atom is -0.326 e. The van der Waals surface area contributed by atoms with Crippen molar-refractivity contribution < 1.29 is 4.79 Å². The van der Waals surface area contributed by atoms with Gasteiger partial charge in [0.1, 0.15) is 12.7 Å². The van der Waals surface area contributed by atoms with Gasteiger partial charge in [0, 0.05) is 10.7 Å². The molecule has 26 heavy (non-hydrogen) atoms. The molecule has 4 saturated carbocycles. The first kappa shape index (κ1) is 16.3. The molecule has 1 heterocycles. The lowest BCUT2D eigenvalue weighted by Crippen LogP contribution is -2.60. The Kier molecular flexibility index (Phi) is 3.48. The second kappa shape index (κ2) is 5.56. The standard InChI is InChI=1S/C20H23ClN4O/c1-13-2-3-16(5-17(13)21)24-18(26)19-6-14-4-15(7-19)9-20(8-14,10-19)25-12-22-11-23-25/h2-3,5,11-12,14-15H,4,6-10H2,1H3,(H,24,26)/t14-,15-,19?,20?/m1/s1. The van der Waals surface area contributed by atoms with Gasteiger partial charge in [-0.05, 0) is 75.0 Å². The number of nitrogens with zero attached hydrogens (tertiary/aromatic N) is 3. The molecule has 136 valence electrons. The highest BCUT2D eigenvalue weighted by Gasteiger charge is 2.61. The Bertz CT molecular complexity index is 849. The topological polar surface area (TPSA) is 59.8 Å². The van der Waals surface area contributed by atoms with Gasteiger partial charge in [0.2, 0.25) is 5.91 Å². The van der Waals surface area contributed by atoms with Crippen LogP contribution in [0.2, 0.25) is 5.02 Å². The predicted octanol–water partition coefficient (Wildman–Crippen LogP) is 4.17. The van der Waals surface area contributed by atoms with Crippen LogP contribution in [0.25, 0.3) is 0 Å². The van der Waals surface area contributed by atoms with Crippen molar-refractivity contribution in [2.24, 2.45) is 17.3 Å². The molecule has 0 unspecified atom stereocenters. The first-order valence-electron chi connectivity index (χ1n) is 9.41. The molecule has 1 aromatic carbocycles. The number of amides is 1. The number of aryl methyl sites for hydroxylation is 1. The van der Waals surface area contributed by atoms with Crippen molar-refractivity contribution in [1.29, 1.82) is 0 Å². The van der Waals surface area contributed by atoms with Gasteiger partial charge in [-0.25, -0.2) is 9.67 Å². The number of carbonyl (C=O) groups excluding carboxylic acids is 1. The highest BCUT2D eigenvalue weighted by atomic mass is 35.5. The largest absolute Gasteiger partial charge is 0.326 e. The second-order valence-corrected chi connectivity index (χ2v) is 9.13. The molecule has 1 N–H and O–H groups in total. The van der Waals surface area contributed by atoms with Crippen LogP contribution in [-0.2, 0) is 10.3 Å². The number of carbonyl (C=O) groups is 1. The van der Waals surface area contributed by atoms with Crippen molar-refractivity contribution in [3.05, 3.63) is 41.4 Å². The van der Waals surface area contributed by atoms with Crippen LogP contribution in [0.3, 0.4) is 0 Å². The Hall–Kier alpha value is -1.88. The van der Waals surface area contributed by atoms with E-state index >= 15 is 0 Å². The maximum atomic E-state index is 13.4. The van der Waals surface area contributed by atoms with Gasteiger partial charge in [-0.15, -0.1) is 0 Å². The van der Waals surface area contributed by atoms with Gasteiger partial charge in [0.05, 0.1) is 11.0 Å². The lowest BCUT2D eigenvalue weighted by molar-refractivity contribution is -0.150. The minimum absolute atomic E-state index is 0.0388. The number of hydrogen-bond acceptors (Lipinski definition) is 3. The smallest absolute Gasteiger partial charge is 0.230 e. The molecule has 4 aliphatic carbocycles. The number of aromatic nitrogens is 3. The van der Waals surface area contributed by atoms with Gasteiger partial charge in [0.25, 0.3) is 0 Å². The highest BCUT2D eigenvalue weighted by molar-refractivity contribution is 6.31. The van der Waals surface area contributed by atoms with E-state index in [1.165, 1.54) is 6.42 Å². The lowest BCUT2D eigenvalue weighted by atomic mass is 9.46. The zero-order valence-electron chi connectivity index (χ0n) is 14.9. The van der Waals surface area contributed by atoms with Crippen LogP contribution in [0.5, 0.6) is 0 Å². The number of rotatable bonds is 3. The normalized spacial score (nSPS) is 34.8. The fraction of sp³-hybridized carbons (Fsp3) is 0.550. The maximum absolute atomic E-state index is 13.4. The molecule has 1 amide bonds. The Morgan fingerprint density at radius 3 is 2.69 bits per heavy atom. The van der Waals surface area contributed by atoms with E-state index in [4.69, 9.17) is 11.6 Å². The third-order valence-corrected chi connectivity index (χ3v) is 7.25. The fourth-order valence-electron chi connectivity index (χ4n) is 6.14. The monoisotopic (exact) mass is 370 g/mol. The van der Waals surface area contributed by atoms with Crippen LogP contribution in [0.4, 0.5) is 5.69 Å². The SMILES string of the molecule is Cc1ccc(NC(=O)C23C[C@H]4C[C@H](C2)CC(n2cncn2)(C4)C3)cc1Cl. The molecule has 5 nitrogen and oxygen atoms in total. The summed E-state index contributed by atoms with van der Waals surface area (Å²) in [6, 6.07) is 5.74. The van der Waals surface area contributed by atoms with E-state index in [1.54, 1.807) is 6.33 Å². The number of hydrogen-bond donors (Lipinski definition) is 1. The summed E-state index contributed by atoms with van der Waals surface area (Å²) in [6.07, 6.45) is 9.79. The summed E-state index contributed by atoms with van der Waals surface area (Å²) >= 11 is 6.24. The summed E-state index contributed by atoms with van der Waals surface area (Å²) in [6.45, 7) is 1.97. The van der Waals surface area contributed by atoms with Gasteiger partial charge in [-0.1, -0.05) is 17.7 Å². The van der Waals surface area contributed by atoms with E-state index in [0.29, 0.717) is 16.9 Å². The molecular formula is C20H23ClN4O. The van der Waals surface area contributed by atoms with Crippen LogP contribution >= 0.6 is 11.6 Å². The second-order valence-electron chi connectivity index (χ2n) is 8.72. The van der Waals surface area contributed by atoms with E-state index in [1.807, 2.05) is 36.1 Å². The van der Waals surface area contributed by atoms with Crippen molar-refractivity contribution >= 4 is 23.2 Å². The van der Waals surface area contributed by atoms with E-state index in [-0.39, 0.29) is 16.9 Å². The minimum atomic E-state index is -0.298. The van der Waals surface area contributed by atoms with Crippen LogP contribution in [0.1, 0.15) is 44.1 Å². The number of anilines is 1. The van der Waals surface area contributed by atoms with E-state index in [2.05, 4.69) is 15.4 Å². The number of benzene rings is 1. The van der Waals surface area contributed by atoms with Crippen molar-refractivity contribution in [3.63, 3.8) is 0 Å². The molecule has 0 saturated heterocycles. The third-order valence-electron chi connectivity index (χ3n) is 6.85. The zero-order valence-corrected chi connectivity index (χ0v) is 15.7. The zero-order chi connectivity index (χ0) is 17.9. The summed E-state index contributed by atoms with van der Waals surface area (Å²) in [5.41, 5.74) is 1.47. The maximum Gasteiger partial charge on any atom is 0.230 e. The van der Waals surface area contributed by atoms with Gasteiger partial charge in [0.15, 0.2) is 0 Å². The van der Waals surface area contributed by atoms with Gasteiger partial charge in [-0.3, -0.25) is 4.79 Å². The van der Waals surface area contributed by atoms with Crippen molar-refractivity contribution in [2.45, 2.75) is 51.0 Å². The highest BCUT2D eigenvalue weighted by Crippen LogP contribution is 2.64. The summed E-state index contributed by atoms with van der Waals surface area (Å²) < 4.78 is 2.04. The van der Waals surface area contributed by atoms with Crippen molar-refractivity contribution in [2.75, 3.05) is 5.32 Å². The molecule has 4 aliphatic rings. The fourth-order valence-corrected chi connectivity index (χ4v) is 6.32. The average Bonchev–Trinajstić information content (AvgIpc) is 3.12. The third kappa shape index (κ3) is 2.40. The molecular weight excluding hydrogens is 348 g/mol. The van der Waals surface area contributed by atoms with Gasteiger partial charge >= 0.3 is 0 Å². The van der Waals surface area contributed by atoms with E-state index in [9.17, 15) is 4.79 Å². The molecule has 2 aromatic rings. The molecule has 2 atom stereocenters. The van der Waals surface area contributed by atoms with Crippen molar-refractivity contribution in [1.82, 2.24) is 14.8 Å². The summed E-state index contributed by atoms with van der Waals surface area (Å²) in [7, 11) is 0. The molecule has 1 aromatic heterocycles. The molecule has 4 fully saturated rings. The molecule has 0 aliphatic heterocycles. The Morgan fingerprint density at radius 1 is 1.27 bits per heavy atom. The van der Waals surface area contributed by atoms with Gasteiger partial charge < -0.3 is 5.32 Å². The quantitative estimate of drug-likeness (QED) is 0.881. The molecule has 6 heteroatoms. The first-order chi connectivity index (χ1) is 12.5. The van der Waals surface area contributed by atoms with Crippen molar-refractivity contribution in [3.8, 4) is 0 Å². The molecule has 0 radical (unpaired) electrons. The van der Waals surface area contributed by atoms with Gasteiger partial charge in [-0.2, -0.15) is 5.10 Å². The number of nitrogens with one attached hydrogen (secondary N) is 1. The van der Waals surface area contributed by atoms with E-state index in [0.717, 1.165) is 43.4 Å². The summed E-state index contributed by atoms with van der Waals surface area (Å²) in [5.74, 6) is 1.36. The first-order valence-corrected chi connectivity index (χ1v) is 9.79. The average molecular weight is 371 g/mol. The Balaban J connectivity index is 1.46. The molecule has 0 spiro atoms. The molecule has 4 bridgehead atoms. The van der Waals surface area contributed by atoms with Crippen LogP contribution in [0.15, 0.2) is 30.9 Å².